The van der Waals surface area contributed by atoms with Crippen LogP contribution < -0.4 is 4.72 Å². The number of rotatable bonds is 8. The Balaban J connectivity index is 2.53. The number of aliphatic hydroxyl groups is 1. The number of sulfonamides is 1. The van der Waals surface area contributed by atoms with Crippen molar-refractivity contribution in [3.63, 3.8) is 0 Å². The summed E-state index contributed by atoms with van der Waals surface area (Å²) in [5, 5.41) is 8.91. The van der Waals surface area contributed by atoms with E-state index in [0.29, 0.717) is 12.5 Å². The van der Waals surface area contributed by atoms with Gasteiger partial charge in [-0.1, -0.05) is 26.7 Å². The Hall–Kier alpha value is -0.370. The van der Waals surface area contributed by atoms with E-state index < -0.39 is 10.0 Å². The number of hydrogen-bond acceptors (Lipinski definition) is 4. The summed E-state index contributed by atoms with van der Waals surface area (Å²) in [7, 11) is -3.58. The van der Waals surface area contributed by atoms with E-state index in [1.165, 1.54) is 6.07 Å². The van der Waals surface area contributed by atoms with Crippen molar-refractivity contribution in [2.45, 2.75) is 44.6 Å². The first-order valence-corrected chi connectivity index (χ1v) is 8.53. The van der Waals surface area contributed by atoms with E-state index in [1.807, 2.05) is 0 Å². The third-order valence-corrected chi connectivity index (χ3v) is 4.97. The molecule has 0 saturated carbocycles. The quantitative estimate of drug-likeness (QED) is 0.704. The van der Waals surface area contributed by atoms with Gasteiger partial charge in [0.1, 0.15) is 17.3 Å². The molecule has 1 aromatic heterocycles. The van der Waals surface area contributed by atoms with Crippen molar-refractivity contribution in [2.75, 3.05) is 6.54 Å². The van der Waals surface area contributed by atoms with E-state index in [1.54, 1.807) is 0 Å². The first kappa shape index (κ1) is 16.7. The molecule has 19 heavy (non-hydrogen) atoms. The fourth-order valence-electron chi connectivity index (χ4n) is 1.62. The van der Waals surface area contributed by atoms with Crippen LogP contribution in [0.25, 0.3) is 0 Å². The SMILES string of the molecule is CC(C)CCCCNS(=O)(=O)c1cc(CO)oc1Br. The minimum absolute atomic E-state index is 0.0282. The lowest BCUT2D eigenvalue weighted by atomic mass is 10.1. The summed E-state index contributed by atoms with van der Waals surface area (Å²) in [4.78, 5) is 0.0282. The van der Waals surface area contributed by atoms with Gasteiger partial charge in [0.15, 0.2) is 4.67 Å². The maximum atomic E-state index is 12.0. The van der Waals surface area contributed by atoms with Gasteiger partial charge in [-0.3, -0.25) is 0 Å². The lowest BCUT2D eigenvalue weighted by Crippen LogP contribution is -2.24. The molecule has 5 nitrogen and oxygen atoms in total. The molecule has 0 aromatic carbocycles. The lowest BCUT2D eigenvalue weighted by molar-refractivity contribution is 0.245. The number of hydrogen-bond donors (Lipinski definition) is 2. The molecular weight excluding hydrogens is 334 g/mol. The zero-order valence-corrected chi connectivity index (χ0v) is 13.6. The van der Waals surface area contributed by atoms with Crippen molar-refractivity contribution in [2.24, 2.45) is 5.92 Å². The van der Waals surface area contributed by atoms with E-state index in [0.717, 1.165) is 19.3 Å². The average molecular weight is 354 g/mol. The van der Waals surface area contributed by atoms with Crippen molar-refractivity contribution in [3.05, 3.63) is 16.5 Å². The second-order valence-electron chi connectivity index (χ2n) is 4.80. The molecule has 1 aromatic rings. The highest BCUT2D eigenvalue weighted by Gasteiger charge is 2.21. The fourth-order valence-corrected chi connectivity index (χ4v) is 3.69. The summed E-state index contributed by atoms with van der Waals surface area (Å²) >= 11 is 3.04. The number of nitrogens with one attached hydrogen (secondary N) is 1. The molecular formula is C12H20BrNO4S. The molecule has 1 rings (SSSR count). The normalized spacial score (nSPS) is 12.3. The maximum absolute atomic E-state index is 12.0. The molecule has 2 N–H and O–H groups in total. The number of aliphatic hydroxyl groups excluding tert-OH is 1. The van der Waals surface area contributed by atoms with Crippen LogP contribution in [0.5, 0.6) is 0 Å². The zero-order chi connectivity index (χ0) is 14.5. The predicted molar refractivity (Wildman–Crippen MR) is 76.2 cm³/mol. The standard InChI is InChI=1S/C12H20BrNO4S/c1-9(2)5-3-4-6-14-19(16,17)11-7-10(8-15)18-12(11)13/h7,9,14-15H,3-6,8H2,1-2H3. The molecule has 0 bridgehead atoms. The third-order valence-electron chi connectivity index (χ3n) is 2.65. The summed E-state index contributed by atoms with van der Waals surface area (Å²) < 4.78 is 31.7. The molecule has 110 valence electrons. The first-order chi connectivity index (χ1) is 8.86. The van der Waals surface area contributed by atoms with E-state index in [9.17, 15) is 8.42 Å². The average Bonchev–Trinajstić information content (AvgIpc) is 2.70. The largest absolute Gasteiger partial charge is 0.450 e. The third kappa shape index (κ3) is 5.25. The van der Waals surface area contributed by atoms with E-state index in [2.05, 4.69) is 34.5 Å². The summed E-state index contributed by atoms with van der Waals surface area (Å²) in [5.74, 6) is 0.846. The van der Waals surface area contributed by atoms with E-state index >= 15 is 0 Å². The Morgan fingerprint density at radius 3 is 2.63 bits per heavy atom. The van der Waals surface area contributed by atoms with E-state index in [4.69, 9.17) is 9.52 Å². The molecule has 0 spiro atoms. The molecule has 0 amide bonds. The van der Waals surface area contributed by atoms with E-state index in [-0.39, 0.29) is 21.9 Å². The van der Waals surface area contributed by atoms with Crippen LogP contribution in [-0.4, -0.2) is 20.1 Å². The molecule has 1 heterocycles. The van der Waals surface area contributed by atoms with Crippen LogP contribution in [0.3, 0.4) is 0 Å². The first-order valence-electron chi connectivity index (χ1n) is 6.25. The van der Waals surface area contributed by atoms with Crippen molar-refractivity contribution in [1.29, 1.82) is 0 Å². The van der Waals surface area contributed by atoms with Crippen molar-refractivity contribution < 1.29 is 17.9 Å². The molecule has 0 fully saturated rings. The van der Waals surface area contributed by atoms with Crippen molar-refractivity contribution in [3.8, 4) is 0 Å². The van der Waals surface area contributed by atoms with Crippen molar-refractivity contribution >= 4 is 26.0 Å². The minimum Gasteiger partial charge on any atom is -0.450 e. The molecule has 0 aliphatic carbocycles. The Morgan fingerprint density at radius 1 is 1.42 bits per heavy atom. The van der Waals surface area contributed by atoms with Gasteiger partial charge >= 0.3 is 0 Å². The second kappa shape index (κ2) is 7.42. The highest BCUT2D eigenvalue weighted by molar-refractivity contribution is 9.10. The maximum Gasteiger partial charge on any atom is 0.244 e. The molecule has 0 unspecified atom stereocenters. The number of halogens is 1. The van der Waals surface area contributed by atoms with Gasteiger partial charge < -0.3 is 9.52 Å². The smallest absolute Gasteiger partial charge is 0.244 e. The second-order valence-corrected chi connectivity index (χ2v) is 7.25. The highest BCUT2D eigenvalue weighted by atomic mass is 79.9. The Bertz CT molecular complexity index is 496. The molecule has 0 aliphatic heterocycles. The summed E-state index contributed by atoms with van der Waals surface area (Å²) in [6, 6.07) is 1.32. The van der Waals surface area contributed by atoms with Gasteiger partial charge in [-0.25, -0.2) is 13.1 Å². The van der Waals surface area contributed by atoms with Crippen LogP contribution in [0.15, 0.2) is 20.0 Å². The summed E-state index contributed by atoms with van der Waals surface area (Å²) in [6.45, 7) is 4.36. The van der Waals surface area contributed by atoms with Gasteiger partial charge in [0.2, 0.25) is 10.0 Å². The van der Waals surface area contributed by atoms with Crippen LogP contribution in [0.1, 0.15) is 38.9 Å². The van der Waals surface area contributed by atoms with Crippen LogP contribution in [-0.2, 0) is 16.6 Å². The predicted octanol–water partition coefficient (Wildman–Crippen LogP) is 2.64. The minimum atomic E-state index is -3.58. The molecule has 0 atom stereocenters. The van der Waals surface area contributed by atoms with Crippen LogP contribution in [0.4, 0.5) is 0 Å². The highest BCUT2D eigenvalue weighted by Crippen LogP contribution is 2.26. The van der Waals surface area contributed by atoms with Crippen LogP contribution >= 0.6 is 15.9 Å². The topological polar surface area (TPSA) is 79.5 Å². The summed E-state index contributed by atoms with van der Waals surface area (Å²) in [5.41, 5.74) is 0. The van der Waals surface area contributed by atoms with Gasteiger partial charge in [0.05, 0.1) is 0 Å². The van der Waals surface area contributed by atoms with Crippen LogP contribution in [0, 0.1) is 5.92 Å². The Morgan fingerprint density at radius 2 is 2.11 bits per heavy atom. The Kier molecular flexibility index (Phi) is 6.52. The number of furan rings is 1. The monoisotopic (exact) mass is 353 g/mol. The van der Waals surface area contributed by atoms with Crippen LogP contribution in [0.2, 0.25) is 0 Å². The molecule has 7 heteroatoms. The zero-order valence-electron chi connectivity index (χ0n) is 11.1. The Labute approximate surface area is 122 Å². The molecule has 0 aliphatic rings. The van der Waals surface area contributed by atoms with Gasteiger partial charge in [0.25, 0.3) is 0 Å². The van der Waals surface area contributed by atoms with Crippen molar-refractivity contribution in [1.82, 2.24) is 4.72 Å². The van der Waals surface area contributed by atoms with Gasteiger partial charge in [-0.05, 0) is 28.3 Å². The molecule has 0 radical (unpaired) electrons. The van der Waals surface area contributed by atoms with Gasteiger partial charge in [-0.2, -0.15) is 0 Å². The lowest BCUT2D eigenvalue weighted by Gasteiger charge is -2.06. The fraction of sp³-hybridized carbons (Fsp3) is 0.667. The summed E-state index contributed by atoms with van der Waals surface area (Å²) in [6.07, 6.45) is 2.89. The number of unbranched alkanes of at least 4 members (excludes halogenated alkanes) is 1. The molecule has 0 saturated heterocycles. The van der Waals surface area contributed by atoms with Gasteiger partial charge in [-0.15, -0.1) is 0 Å². The van der Waals surface area contributed by atoms with Gasteiger partial charge in [0, 0.05) is 12.6 Å².